The zero-order chi connectivity index (χ0) is 24.9. The summed E-state index contributed by atoms with van der Waals surface area (Å²) in [5.41, 5.74) is 2.09. The fourth-order valence-corrected chi connectivity index (χ4v) is 5.08. The minimum Gasteiger partial charge on any atom is -0.507 e. The maximum absolute atomic E-state index is 13.8. The Morgan fingerprint density at radius 3 is 2.54 bits per heavy atom. The van der Waals surface area contributed by atoms with Gasteiger partial charge in [0.05, 0.1) is 28.9 Å². The van der Waals surface area contributed by atoms with Crippen LogP contribution in [0.15, 0.2) is 66.2 Å². The van der Waals surface area contributed by atoms with Gasteiger partial charge in [-0.25, -0.2) is 9.37 Å². The van der Waals surface area contributed by atoms with Gasteiger partial charge in [-0.2, -0.15) is 0 Å². The number of hydrogen-bond acceptors (Lipinski definition) is 7. The Balaban J connectivity index is 1.75. The van der Waals surface area contributed by atoms with E-state index in [-0.39, 0.29) is 28.0 Å². The van der Waals surface area contributed by atoms with Gasteiger partial charge in [0.2, 0.25) is 0 Å². The lowest BCUT2D eigenvalue weighted by Gasteiger charge is -2.23. The third-order valence-corrected chi connectivity index (χ3v) is 6.85. The number of thiazole rings is 1. The van der Waals surface area contributed by atoms with E-state index >= 15 is 0 Å². The number of ketones is 1. The molecule has 0 aliphatic carbocycles. The number of phenols is 1. The topological polar surface area (TPSA) is 100.0 Å². The first kappa shape index (κ1) is 22.5. The molecule has 1 unspecified atom stereocenters. The highest BCUT2D eigenvalue weighted by atomic mass is 32.1. The van der Waals surface area contributed by atoms with E-state index in [1.54, 1.807) is 24.3 Å². The summed E-state index contributed by atoms with van der Waals surface area (Å²) in [5.74, 6) is -2.54. The SMILES string of the molecule is COc1cc(C2C(=C(O)c3ccc(C)cc3)C(=O)C(=O)N2c2nc3ccc(F)cc3s2)ccc1O. The summed E-state index contributed by atoms with van der Waals surface area (Å²) in [6.45, 7) is 1.89. The molecule has 1 aromatic heterocycles. The molecule has 0 radical (unpaired) electrons. The number of aliphatic hydroxyl groups excluding tert-OH is 1. The van der Waals surface area contributed by atoms with Gasteiger partial charge in [-0.15, -0.1) is 0 Å². The molecule has 1 aliphatic heterocycles. The van der Waals surface area contributed by atoms with Gasteiger partial charge in [0, 0.05) is 5.56 Å². The number of ether oxygens (including phenoxy) is 1. The number of aromatic nitrogens is 1. The van der Waals surface area contributed by atoms with Crippen molar-refractivity contribution in [2.24, 2.45) is 0 Å². The lowest BCUT2D eigenvalue weighted by molar-refractivity contribution is -0.132. The predicted octanol–water partition coefficient (Wildman–Crippen LogP) is 5.08. The van der Waals surface area contributed by atoms with Crippen LogP contribution >= 0.6 is 11.3 Å². The lowest BCUT2D eigenvalue weighted by atomic mass is 9.95. The number of hydrogen-bond donors (Lipinski definition) is 2. The van der Waals surface area contributed by atoms with E-state index < -0.39 is 23.5 Å². The van der Waals surface area contributed by atoms with Crippen molar-refractivity contribution in [2.75, 3.05) is 12.0 Å². The molecule has 1 atom stereocenters. The maximum Gasteiger partial charge on any atom is 0.301 e. The van der Waals surface area contributed by atoms with E-state index in [0.717, 1.165) is 16.9 Å². The Morgan fingerprint density at radius 1 is 1.09 bits per heavy atom. The zero-order valence-electron chi connectivity index (χ0n) is 18.7. The van der Waals surface area contributed by atoms with Crippen LogP contribution in [-0.4, -0.2) is 34.0 Å². The molecule has 4 aromatic rings. The van der Waals surface area contributed by atoms with Crippen molar-refractivity contribution in [3.63, 3.8) is 0 Å². The van der Waals surface area contributed by atoms with Crippen molar-refractivity contribution in [1.82, 2.24) is 4.98 Å². The second-order valence-electron chi connectivity index (χ2n) is 8.07. The molecule has 9 heteroatoms. The number of carbonyl (C=O) groups excluding carboxylic acids is 2. The van der Waals surface area contributed by atoms with Crippen LogP contribution in [0.3, 0.4) is 0 Å². The Hall–Kier alpha value is -4.24. The zero-order valence-corrected chi connectivity index (χ0v) is 19.5. The monoisotopic (exact) mass is 490 g/mol. The molecular weight excluding hydrogens is 471 g/mol. The van der Waals surface area contributed by atoms with E-state index in [9.17, 15) is 24.2 Å². The molecule has 35 heavy (non-hydrogen) atoms. The molecule has 2 N–H and O–H groups in total. The summed E-state index contributed by atoms with van der Waals surface area (Å²) in [5, 5.41) is 21.4. The van der Waals surface area contributed by atoms with E-state index in [2.05, 4.69) is 4.98 Å². The van der Waals surface area contributed by atoms with Crippen LogP contribution < -0.4 is 9.64 Å². The van der Waals surface area contributed by atoms with Crippen molar-refractivity contribution in [3.8, 4) is 11.5 Å². The molecule has 2 heterocycles. The number of halogens is 1. The van der Waals surface area contributed by atoms with Gasteiger partial charge < -0.3 is 14.9 Å². The Morgan fingerprint density at radius 2 is 1.83 bits per heavy atom. The number of aryl methyl sites for hydroxylation is 1. The van der Waals surface area contributed by atoms with Crippen molar-refractivity contribution < 1.29 is 28.9 Å². The first-order valence-electron chi connectivity index (χ1n) is 10.6. The number of aromatic hydroxyl groups is 1. The van der Waals surface area contributed by atoms with Crippen molar-refractivity contribution in [3.05, 3.63) is 88.7 Å². The molecule has 1 fully saturated rings. The van der Waals surface area contributed by atoms with Crippen molar-refractivity contribution in [2.45, 2.75) is 13.0 Å². The maximum atomic E-state index is 13.8. The van der Waals surface area contributed by atoms with Crippen LogP contribution in [0.2, 0.25) is 0 Å². The quantitative estimate of drug-likeness (QED) is 0.235. The molecular formula is C26H19FN2O5S. The number of aliphatic hydroxyl groups is 1. The van der Waals surface area contributed by atoms with Gasteiger partial charge in [-0.1, -0.05) is 47.2 Å². The highest BCUT2D eigenvalue weighted by Gasteiger charge is 2.48. The van der Waals surface area contributed by atoms with Gasteiger partial charge in [-0.05, 0) is 42.8 Å². The summed E-state index contributed by atoms with van der Waals surface area (Å²) >= 11 is 1.05. The Labute approximate surface area is 203 Å². The second-order valence-corrected chi connectivity index (χ2v) is 9.08. The van der Waals surface area contributed by atoms with Crippen LogP contribution in [0.4, 0.5) is 9.52 Å². The van der Waals surface area contributed by atoms with Crippen LogP contribution in [0.25, 0.3) is 16.0 Å². The van der Waals surface area contributed by atoms with Crippen LogP contribution in [0.5, 0.6) is 11.5 Å². The van der Waals surface area contributed by atoms with Crippen LogP contribution in [0, 0.1) is 12.7 Å². The molecule has 1 aliphatic rings. The smallest absolute Gasteiger partial charge is 0.301 e. The van der Waals surface area contributed by atoms with Crippen molar-refractivity contribution in [1.29, 1.82) is 0 Å². The number of benzene rings is 3. The molecule has 5 rings (SSSR count). The van der Waals surface area contributed by atoms with E-state index in [0.29, 0.717) is 21.3 Å². The number of phenolic OH excluding ortho intramolecular Hbond substituents is 1. The van der Waals surface area contributed by atoms with Gasteiger partial charge in [-0.3, -0.25) is 14.5 Å². The molecule has 7 nitrogen and oxygen atoms in total. The third-order valence-electron chi connectivity index (χ3n) is 5.83. The van der Waals surface area contributed by atoms with E-state index in [1.807, 2.05) is 6.92 Å². The fourth-order valence-electron chi connectivity index (χ4n) is 4.07. The van der Waals surface area contributed by atoms with Gasteiger partial charge in [0.15, 0.2) is 16.6 Å². The summed E-state index contributed by atoms with van der Waals surface area (Å²) in [7, 11) is 1.38. The number of rotatable bonds is 4. The molecule has 3 aromatic carbocycles. The average Bonchev–Trinajstić information content (AvgIpc) is 3.37. The van der Waals surface area contributed by atoms with Gasteiger partial charge in [0.25, 0.3) is 5.78 Å². The largest absolute Gasteiger partial charge is 0.507 e. The highest BCUT2D eigenvalue weighted by molar-refractivity contribution is 7.22. The minimum atomic E-state index is -1.06. The number of anilines is 1. The van der Waals surface area contributed by atoms with Crippen molar-refractivity contribution >= 4 is 44.1 Å². The highest BCUT2D eigenvalue weighted by Crippen LogP contribution is 2.45. The molecule has 0 spiro atoms. The summed E-state index contributed by atoms with van der Waals surface area (Å²) in [6.07, 6.45) is 0. The van der Waals surface area contributed by atoms with Crippen LogP contribution in [-0.2, 0) is 9.59 Å². The Kier molecular flexibility index (Phi) is 5.49. The van der Waals surface area contributed by atoms with E-state index in [1.165, 1.54) is 48.4 Å². The van der Waals surface area contributed by atoms with E-state index in [4.69, 9.17) is 4.74 Å². The van der Waals surface area contributed by atoms with Gasteiger partial charge >= 0.3 is 5.91 Å². The number of nitrogens with zero attached hydrogens (tertiary/aromatic N) is 2. The molecule has 0 saturated carbocycles. The minimum absolute atomic E-state index is 0.123. The standard InChI is InChI=1S/C26H19FN2O5S/c1-13-3-5-14(6-4-13)23(31)21-22(15-7-10-18(30)19(11-15)34-2)29(25(33)24(21)32)26-28-17-9-8-16(27)12-20(17)35-26/h3-12,22,30-31H,1-2H3. The lowest BCUT2D eigenvalue weighted by Crippen LogP contribution is -2.29. The first-order chi connectivity index (χ1) is 16.8. The number of methoxy groups -OCH3 is 1. The summed E-state index contributed by atoms with van der Waals surface area (Å²) in [4.78, 5) is 32.2. The number of amides is 1. The molecule has 0 bridgehead atoms. The summed E-state index contributed by atoms with van der Waals surface area (Å²) < 4.78 is 19.5. The normalized spacial score (nSPS) is 17.3. The first-order valence-corrected chi connectivity index (χ1v) is 11.4. The number of fused-ring (bicyclic) bond motifs is 1. The van der Waals surface area contributed by atoms with Crippen LogP contribution in [0.1, 0.15) is 22.7 Å². The van der Waals surface area contributed by atoms with Gasteiger partial charge in [0.1, 0.15) is 11.6 Å². The third kappa shape index (κ3) is 3.79. The fraction of sp³-hybridized carbons (Fsp3) is 0.115. The number of carbonyl (C=O) groups is 2. The number of Topliss-reactive ketones (excluding diaryl/α,β-unsaturated/α-hetero) is 1. The predicted molar refractivity (Wildman–Crippen MR) is 130 cm³/mol. The second kappa shape index (κ2) is 8.52. The average molecular weight is 491 g/mol. The Bertz CT molecular complexity index is 1530. The molecule has 1 saturated heterocycles. The molecule has 176 valence electrons. The molecule has 1 amide bonds. The summed E-state index contributed by atoms with van der Waals surface area (Å²) in [6, 6.07) is 14.3.